The highest BCUT2D eigenvalue weighted by Gasteiger charge is 2.35. The average Bonchev–Trinajstić information content (AvgIpc) is 2.46. The maximum Gasteiger partial charge on any atom is 0.308 e. The lowest BCUT2D eigenvalue weighted by Gasteiger charge is -2.37. The zero-order valence-corrected chi connectivity index (χ0v) is 13.4. The van der Waals surface area contributed by atoms with Crippen molar-refractivity contribution in [2.45, 2.75) is 30.7 Å². The van der Waals surface area contributed by atoms with Gasteiger partial charge in [0.2, 0.25) is 5.91 Å². The summed E-state index contributed by atoms with van der Waals surface area (Å²) >= 11 is 7.27. The van der Waals surface area contributed by atoms with Crippen LogP contribution in [-0.2, 0) is 9.59 Å². The Balaban J connectivity index is 1.93. The topological polar surface area (TPSA) is 57.6 Å². The summed E-state index contributed by atoms with van der Waals surface area (Å²) in [6.45, 7) is 2.47. The maximum atomic E-state index is 12.3. The van der Waals surface area contributed by atoms with Crippen molar-refractivity contribution in [1.29, 1.82) is 0 Å². The maximum absolute atomic E-state index is 12.3. The van der Waals surface area contributed by atoms with Crippen LogP contribution in [0.1, 0.15) is 19.8 Å². The molecule has 1 heterocycles. The number of carboxylic acid groups (broad SMARTS) is 1. The Labute approximate surface area is 133 Å². The van der Waals surface area contributed by atoms with Gasteiger partial charge in [-0.3, -0.25) is 9.59 Å². The second kappa shape index (κ2) is 7.18. The van der Waals surface area contributed by atoms with Crippen LogP contribution in [0.3, 0.4) is 0 Å². The van der Waals surface area contributed by atoms with Crippen LogP contribution in [0.25, 0.3) is 0 Å². The number of hydrogen-bond acceptors (Lipinski definition) is 3. The monoisotopic (exact) mass is 327 g/mol. The van der Waals surface area contributed by atoms with Gasteiger partial charge in [-0.25, -0.2) is 0 Å². The first kappa shape index (κ1) is 16.2. The fourth-order valence-electron chi connectivity index (χ4n) is 2.58. The molecule has 0 aromatic heterocycles. The number of carbonyl (C=O) groups is 2. The van der Waals surface area contributed by atoms with E-state index in [1.807, 2.05) is 19.1 Å². The number of carbonyl (C=O) groups excluding carboxylic acids is 1. The van der Waals surface area contributed by atoms with Crippen LogP contribution >= 0.6 is 23.4 Å². The number of amides is 1. The van der Waals surface area contributed by atoms with Crippen molar-refractivity contribution in [2.24, 2.45) is 5.92 Å². The molecule has 4 nitrogen and oxygen atoms in total. The van der Waals surface area contributed by atoms with Crippen molar-refractivity contribution in [3.8, 4) is 0 Å². The number of thioether (sulfide) groups is 1. The minimum absolute atomic E-state index is 0.00611. The largest absolute Gasteiger partial charge is 0.481 e. The molecule has 0 aliphatic carbocycles. The van der Waals surface area contributed by atoms with Gasteiger partial charge in [-0.1, -0.05) is 11.6 Å². The third-order valence-electron chi connectivity index (χ3n) is 3.80. The van der Waals surface area contributed by atoms with Crippen molar-refractivity contribution in [3.05, 3.63) is 29.3 Å². The Morgan fingerprint density at radius 3 is 2.67 bits per heavy atom. The van der Waals surface area contributed by atoms with Gasteiger partial charge in [-0.15, -0.1) is 11.8 Å². The number of hydrogen-bond donors (Lipinski definition) is 1. The summed E-state index contributed by atoms with van der Waals surface area (Å²) in [5, 5.41) is 9.85. The molecule has 0 saturated carbocycles. The molecule has 2 rings (SSSR count). The molecule has 1 fully saturated rings. The number of benzene rings is 1. The Hall–Kier alpha value is -1.20. The first-order valence-electron chi connectivity index (χ1n) is 6.89. The molecule has 1 aliphatic rings. The molecule has 0 bridgehead atoms. The quantitative estimate of drug-likeness (QED) is 0.863. The van der Waals surface area contributed by atoms with Crippen molar-refractivity contribution < 1.29 is 14.7 Å². The second-order valence-electron chi connectivity index (χ2n) is 5.16. The first-order valence-corrected chi connectivity index (χ1v) is 8.26. The number of likely N-dealkylation sites (tertiary alicyclic amines) is 1. The molecular formula is C15H18ClNO3S. The summed E-state index contributed by atoms with van der Waals surface area (Å²) in [5.41, 5.74) is 0. The van der Waals surface area contributed by atoms with Crippen LogP contribution in [0.4, 0.5) is 0 Å². The average molecular weight is 328 g/mol. The number of rotatable bonds is 4. The lowest BCUT2D eigenvalue weighted by atomic mass is 9.90. The highest BCUT2D eigenvalue weighted by molar-refractivity contribution is 8.00. The van der Waals surface area contributed by atoms with Gasteiger partial charge in [0.15, 0.2) is 0 Å². The number of carboxylic acids is 1. The summed E-state index contributed by atoms with van der Waals surface area (Å²) in [4.78, 5) is 26.2. The van der Waals surface area contributed by atoms with Gasteiger partial charge >= 0.3 is 5.97 Å². The fraction of sp³-hybridized carbons (Fsp3) is 0.467. The van der Waals surface area contributed by atoms with Crippen LogP contribution < -0.4 is 0 Å². The Morgan fingerprint density at radius 1 is 1.38 bits per heavy atom. The number of piperidine rings is 1. The van der Waals surface area contributed by atoms with Crippen molar-refractivity contribution in [2.75, 3.05) is 12.3 Å². The van der Waals surface area contributed by atoms with E-state index in [9.17, 15) is 14.7 Å². The molecular weight excluding hydrogens is 310 g/mol. The fourth-order valence-corrected chi connectivity index (χ4v) is 3.49. The van der Waals surface area contributed by atoms with Gasteiger partial charge in [0, 0.05) is 22.5 Å². The molecule has 1 aromatic rings. The molecule has 0 spiro atoms. The number of nitrogens with zero attached hydrogens (tertiary/aromatic N) is 1. The Morgan fingerprint density at radius 2 is 2.05 bits per heavy atom. The van der Waals surface area contributed by atoms with Gasteiger partial charge in [-0.05, 0) is 44.0 Å². The molecule has 1 N–H and O–H groups in total. The molecule has 114 valence electrons. The molecule has 0 radical (unpaired) electrons. The van der Waals surface area contributed by atoms with Gasteiger partial charge in [0.1, 0.15) is 0 Å². The standard InChI is InChI=1S/C15H18ClNO3S/c1-10-13(15(19)20)3-2-8-17(10)14(18)9-21-12-6-4-11(16)5-7-12/h4-7,10,13H,2-3,8-9H2,1H3,(H,19,20)/t10-,13-/m1/s1. The third kappa shape index (κ3) is 4.14. The van der Waals surface area contributed by atoms with Gasteiger partial charge in [0.25, 0.3) is 0 Å². The molecule has 1 aromatic carbocycles. The number of aliphatic carboxylic acids is 1. The molecule has 1 aliphatic heterocycles. The summed E-state index contributed by atoms with van der Waals surface area (Å²) < 4.78 is 0. The predicted molar refractivity (Wildman–Crippen MR) is 83.7 cm³/mol. The molecule has 0 unspecified atom stereocenters. The van der Waals surface area contributed by atoms with E-state index < -0.39 is 11.9 Å². The third-order valence-corrected chi connectivity index (χ3v) is 5.05. The van der Waals surface area contributed by atoms with E-state index in [1.54, 1.807) is 17.0 Å². The Bertz CT molecular complexity index is 520. The van der Waals surface area contributed by atoms with E-state index >= 15 is 0 Å². The normalized spacial score (nSPS) is 22.1. The summed E-state index contributed by atoms with van der Waals surface area (Å²) in [6.07, 6.45) is 1.39. The molecule has 2 atom stereocenters. The van der Waals surface area contributed by atoms with Gasteiger partial charge in [0.05, 0.1) is 11.7 Å². The summed E-state index contributed by atoms with van der Waals surface area (Å²) in [5.74, 6) is -0.958. The Kier molecular flexibility index (Phi) is 5.53. The lowest BCUT2D eigenvalue weighted by Crippen LogP contribution is -2.49. The van der Waals surface area contributed by atoms with E-state index in [2.05, 4.69) is 0 Å². The van der Waals surface area contributed by atoms with E-state index in [0.29, 0.717) is 23.7 Å². The second-order valence-corrected chi connectivity index (χ2v) is 6.64. The molecule has 1 saturated heterocycles. The molecule has 6 heteroatoms. The van der Waals surface area contributed by atoms with Crippen LogP contribution in [-0.4, -0.2) is 40.2 Å². The summed E-state index contributed by atoms with van der Waals surface area (Å²) in [7, 11) is 0. The van der Waals surface area contributed by atoms with Crippen LogP contribution in [0.2, 0.25) is 5.02 Å². The number of halogens is 1. The summed E-state index contributed by atoms with van der Waals surface area (Å²) in [6, 6.07) is 7.09. The van der Waals surface area contributed by atoms with Crippen LogP contribution in [0, 0.1) is 5.92 Å². The highest BCUT2D eigenvalue weighted by Crippen LogP contribution is 2.26. The van der Waals surface area contributed by atoms with Crippen LogP contribution in [0.15, 0.2) is 29.2 Å². The first-order chi connectivity index (χ1) is 9.99. The van der Waals surface area contributed by atoms with E-state index in [4.69, 9.17) is 11.6 Å². The van der Waals surface area contributed by atoms with Crippen molar-refractivity contribution in [3.63, 3.8) is 0 Å². The zero-order valence-electron chi connectivity index (χ0n) is 11.8. The smallest absolute Gasteiger partial charge is 0.308 e. The molecule has 1 amide bonds. The van der Waals surface area contributed by atoms with Gasteiger partial charge < -0.3 is 10.0 Å². The van der Waals surface area contributed by atoms with E-state index in [-0.39, 0.29) is 11.9 Å². The lowest BCUT2D eigenvalue weighted by molar-refractivity contribution is -0.148. The van der Waals surface area contributed by atoms with Crippen molar-refractivity contribution in [1.82, 2.24) is 4.90 Å². The zero-order chi connectivity index (χ0) is 15.4. The van der Waals surface area contributed by atoms with E-state index in [1.165, 1.54) is 11.8 Å². The van der Waals surface area contributed by atoms with E-state index in [0.717, 1.165) is 11.3 Å². The predicted octanol–water partition coefficient (Wildman–Crippen LogP) is 3.14. The van der Waals surface area contributed by atoms with Gasteiger partial charge in [-0.2, -0.15) is 0 Å². The SMILES string of the molecule is C[C@@H]1[C@H](C(=O)O)CCCN1C(=O)CSc1ccc(Cl)cc1. The molecule has 21 heavy (non-hydrogen) atoms. The minimum atomic E-state index is -0.814. The highest BCUT2D eigenvalue weighted by atomic mass is 35.5. The minimum Gasteiger partial charge on any atom is -0.481 e. The van der Waals surface area contributed by atoms with Crippen LogP contribution in [0.5, 0.6) is 0 Å². The van der Waals surface area contributed by atoms with Crippen molar-refractivity contribution >= 4 is 35.2 Å².